The van der Waals surface area contributed by atoms with Crippen molar-refractivity contribution in [3.63, 3.8) is 0 Å². The smallest absolute Gasteiger partial charge is 0.129 e. The van der Waals surface area contributed by atoms with Crippen LogP contribution in [-0.2, 0) is 11.2 Å². The molecule has 16 heavy (non-hydrogen) atoms. The van der Waals surface area contributed by atoms with E-state index in [0.717, 1.165) is 32.1 Å². The highest BCUT2D eigenvalue weighted by atomic mass is 16.3. The van der Waals surface area contributed by atoms with Crippen molar-refractivity contribution in [3.05, 3.63) is 29.8 Å². The number of phenols is 1. The third kappa shape index (κ3) is 5.54. The predicted octanol–water partition coefficient (Wildman–Crippen LogP) is 3.47. The lowest BCUT2D eigenvalue weighted by molar-refractivity contribution is -0.117. The molecule has 0 atom stereocenters. The molecule has 0 bridgehead atoms. The van der Waals surface area contributed by atoms with Crippen LogP contribution in [0.15, 0.2) is 24.3 Å². The van der Waals surface area contributed by atoms with Gasteiger partial charge in [-0.3, -0.25) is 0 Å². The Morgan fingerprint density at radius 3 is 2.31 bits per heavy atom. The second-order valence-corrected chi connectivity index (χ2v) is 4.28. The van der Waals surface area contributed by atoms with Crippen LogP contribution in [-0.4, -0.2) is 10.9 Å². The number of aromatic hydroxyl groups is 1. The molecule has 0 aliphatic carbocycles. The average molecular weight is 220 g/mol. The molecule has 1 aromatic carbocycles. The lowest BCUT2D eigenvalue weighted by atomic mass is 10.0. The van der Waals surface area contributed by atoms with Gasteiger partial charge in [-0.15, -0.1) is 0 Å². The first-order chi connectivity index (χ1) is 7.68. The van der Waals surface area contributed by atoms with Gasteiger partial charge in [0.15, 0.2) is 0 Å². The van der Waals surface area contributed by atoms with Gasteiger partial charge in [0.2, 0.25) is 0 Å². The van der Waals surface area contributed by atoms with E-state index in [1.165, 1.54) is 12.0 Å². The molecule has 0 aliphatic heterocycles. The second kappa shape index (κ2) is 7.04. The second-order valence-electron chi connectivity index (χ2n) is 4.28. The number of hydrogen-bond donors (Lipinski definition) is 1. The summed E-state index contributed by atoms with van der Waals surface area (Å²) in [7, 11) is 0. The summed E-state index contributed by atoms with van der Waals surface area (Å²) in [6.45, 7) is 1.65. The van der Waals surface area contributed by atoms with Crippen LogP contribution in [0.4, 0.5) is 0 Å². The van der Waals surface area contributed by atoms with E-state index in [1.54, 1.807) is 19.1 Å². The van der Waals surface area contributed by atoms with Crippen molar-refractivity contribution in [2.24, 2.45) is 0 Å². The minimum absolute atomic E-state index is 0.290. The Morgan fingerprint density at radius 2 is 1.69 bits per heavy atom. The summed E-state index contributed by atoms with van der Waals surface area (Å²) in [6, 6.07) is 7.38. The number of ketones is 1. The molecule has 1 aromatic rings. The third-order valence-electron chi connectivity index (χ3n) is 2.68. The number of benzene rings is 1. The average Bonchev–Trinajstić information content (AvgIpc) is 2.25. The van der Waals surface area contributed by atoms with Crippen LogP contribution in [0.3, 0.4) is 0 Å². The lowest BCUT2D eigenvalue weighted by Crippen LogP contribution is -1.90. The minimum atomic E-state index is 0.290. The van der Waals surface area contributed by atoms with Gasteiger partial charge in [-0.2, -0.15) is 0 Å². The number of Topliss-reactive ketones (excluding diaryl/α,β-unsaturated/α-hetero) is 1. The lowest BCUT2D eigenvalue weighted by Gasteiger charge is -2.01. The van der Waals surface area contributed by atoms with E-state index >= 15 is 0 Å². The van der Waals surface area contributed by atoms with Gasteiger partial charge in [0.25, 0.3) is 0 Å². The normalized spacial score (nSPS) is 10.3. The van der Waals surface area contributed by atoms with E-state index < -0.39 is 0 Å². The first-order valence-corrected chi connectivity index (χ1v) is 5.96. The summed E-state index contributed by atoms with van der Waals surface area (Å²) in [6.07, 6.45) is 6.26. The Bertz CT molecular complexity index is 314. The zero-order chi connectivity index (χ0) is 11.8. The first-order valence-electron chi connectivity index (χ1n) is 5.96. The maximum Gasteiger partial charge on any atom is 0.129 e. The highest BCUT2D eigenvalue weighted by Gasteiger charge is 1.96. The summed E-state index contributed by atoms with van der Waals surface area (Å²) < 4.78 is 0. The van der Waals surface area contributed by atoms with Gasteiger partial charge in [0.1, 0.15) is 11.5 Å². The van der Waals surface area contributed by atoms with Crippen LogP contribution in [0.25, 0.3) is 0 Å². The molecule has 0 amide bonds. The van der Waals surface area contributed by atoms with E-state index in [4.69, 9.17) is 5.11 Å². The molecule has 88 valence electrons. The highest BCUT2D eigenvalue weighted by molar-refractivity contribution is 5.75. The largest absolute Gasteiger partial charge is 0.508 e. The van der Waals surface area contributed by atoms with E-state index in [2.05, 4.69) is 0 Å². The fraction of sp³-hybridized carbons (Fsp3) is 0.500. The maximum absolute atomic E-state index is 10.7. The van der Waals surface area contributed by atoms with Crippen LogP contribution < -0.4 is 0 Å². The number of hydrogen-bond acceptors (Lipinski definition) is 2. The van der Waals surface area contributed by atoms with Gasteiger partial charge in [0.05, 0.1) is 0 Å². The number of carbonyl (C=O) groups is 1. The van der Waals surface area contributed by atoms with Crippen LogP contribution in [0, 0.1) is 0 Å². The van der Waals surface area contributed by atoms with E-state index in [1.807, 2.05) is 12.1 Å². The number of phenolic OH excluding ortho intramolecular Hbond substituents is 1. The number of aryl methyl sites for hydroxylation is 1. The van der Waals surface area contributed by atoms with Gasteiger partial charge in [-0.1, -0.05) is 25.0 Å². The molecule has 2 heteroatoms. The van der Waals surface area contributed by atoms with Crippen molar-refractivity contribution >= 4 is 5.78 Å². The summed E-state index contributed by atoms with van der Waals surface area (Å²) in [5, 5.41) is 9.12. The molecule has 0 radical (unpaired) electrons. The van der Waals surface area contributed by atoms with Crippen LogP contribution in [0.5, 0.6) is 5.75 Å². The quantitative estimate of drug-likeness (QED) is 0.714. The molecule has 0 fully saturated rings. The van der Waals surface area contributed by atoms with E-state index in [0.29, 0.717) is 11.5 Å². The van der Waals surface area contributed by atoms with Crippen LogP contribution in [0.1, 0.15) is 44.6 Å². The van der Waals surface area contributed by atoms with Gasteiger partial charge in [-0.25, -0.2) is 0 Å². The maximum atomic E-state index is 10.7. The Hall–Kier alpha value is -1.31. The molecule has 0 aliphatic rings. The molecule has 0 spiro atoms. The molecule has 0 aromatic heterocycles. The monoisotopic (exact) mass is 220 g/mol. The van der Waals surface area contributed by atoms with E-state index in [9.17, 15) is 4.79 Å². The van der Waals surface area contributed by atoms with Crippen molar-refractivity contribution in [2.75, 3.05) is 0 Å². The van der Waals surface area contributed by atoms with Gasteiger partial charge < -0.3 is 9.90 Å². The topological polar surface area (TPSA) is 37.3 Å². The predicted molar refractivity (Wildman–Crippen MR) is 65.6 cm³/mol. The van der Waals surface area contributed by atoms with Crippen LogP contribution >= 0.6 is 0 Å². The molecule has 0 saturated heterocycles. The standard InChI is InChI=1S/C14H20O2/c1-12(15)6-4-2-3-5-7-13-8-10-14(16)11-9-13/h8-11,16H,2-7H2,1H3. The molecule has 2 nitrogen and oxygen atoms in total. The molecular formula is C14H20O2. The van der Waals surface area contributed by atoms with Crippen molar-refractivity contribution in [1.29, 1.82) is 0 Å². The van der Waals surface area contributed by atoms with Gasteiger partial charge in [0, 0.05) is 6.42 Å². The summed E-state index contributed by atoms with van der Waals surface area (Å²) >= 11 is 0. The van der Waals surface area contributed by atoms with Crippen molar-refractivity contribution in [3.8, 4) is 5.75 Å². The third-order valence-corrected chi connectivity index (χ3v) is 2.68. The fourth-order valence-electron chi connectivity index (χ4n) is 1.72. The van der Waals surface area contributed by atoms with Crippen molar-refractivity contribution < 1.29 is 9.90 Å². The summed E-state index contributed by atoms with van der Waals surface area (Å²) in [4.78, 5) is 10.7. The van der Waals surface area contributed by atoms with Crippen molar-refractivity contribution in [2.45, 2.75) is 45.4 Å². The Morgan fingerprint density at radius 1 is 1.06 bits per heavy atom. The van der Waals surface area contributed by atoms with Crippen molar-refractivity contribution in [1.82, 2.24) is 0 Å². The SMILES string of the molecule is CC(=O)CCCCCCc1ccc(O)cc1. The molecule has 0 saturated carbocycles. The molecular weight excluding hydrogens is 200 g/mol. The minimum Gasteiger partial charge on any atom is -0.508 e. The first kappa shape index (κ1) is 12.8. The Balaban J connectivity index is 2.07. The Labute approximate surface area is 97.3 Å². The fourth-order valence-corrected chi connectivity index (χ4v) is 1.72. The highest BCUT2D eigenvalue weighted by Crippen LogP contribution is 2.13. The molecule has 1 N–H and O–H groups in total. The Kier molecular flexibility index (Phi) is 5.62. The summed E-state index contributed by atoms with van der Waals surface area (Å²) in [5.41, 5.74) is 1.27. The van der Waals surface area contributed by atoms with E-state index in [-0.39, 0.29) is 0 Å². The van der Waals surface area contributed by atoms with Gasteiger partial charge in [-0.05, 0) is 43.9 Å². The molecule has 1 rings (SSSR count). The zero-order valence-corrected chi connectivity index (χ0v) is 9.91. The number of unbranched alkanes of at least 4 members (excludes halogenated alkanes) is 3. The van der Waals surface area contributed by atoms with Gasteiger partial charge >= 0.3 is 0 Å². The zero-order valence-electron chi connectivity index (χ0n) is 9.91. The summed E-state index contributed by atoms with van der Waals surface area (Å²) in [5.74, 6) is 0.615. The number of rotatable bonds is 7. The number of carbonyl (C=O) groups excluding carboxylic acids is 1. The molecule has 0 unspecified atom stereocenters. The van der Waals surface area contributed by atoms with Crippen LogP contribution in [0.2, 0.25) is 0 Å². The molecule has 0 heterocycles.